The lowest BCUT2D eigenvalue weighted by molar-refractivity contribution is 0.300. The molecule has 2 aromatic rings. The Morgan fingerprint density at radius 2 is 1.68 bits per heavy atom. The molecule has 5 heteroatoms. The third kappa shape index (κ3) is 5.71. The Labute approximate surface area is 136 Å². The average Bonchev–Trinajstić information content (AvgIpc) is 2.58. The first kappa shape index (κ1) is 16.3. The minimum Gasteiger partial charge on any atom is -0.489 e. The molecule has 0 spiro atoms. The number of benzene rings is 2. The van der Waals surface area contributed by atoms with Gasteiger partial charge in [-0.3, -0.25) is 0 Å². The number of hydrogen-bond acceptors (Lipinski definition) is 3. The van der Waals surface area contributed by atoms with Gasteiger partial charge in [0.1, 0.15) is 12.4 Å². The Kier molecular flexibility index (Phi) is 6.67. The second kappa shape index (κ2) is 9.02. The van der Waals surface area contributed by atoms with Crippen LogP contribution in [0.3, 0.4) is 0 Å². The van der Waals surface area contributed by atoms with Crippen molar-refractivity contribution in [1.82, 2.24) is 10.6 Å². The van der Waals surface area contributed by atoms with Crippen LogP contribution in [0, 0.1) is 0 Å². The lowest BCUT2D eigenvalue weighted by Crippen LogP contribution is -2.36. The lowest BCUT2D eigenvalue weighted by Gasteiger charge is -2.10. The van der Waals surface area contributed by atoms with Crippen LogP contribution in [0.25, 0.3) is 0 Å². The monoisotopic (exact) mass is 316 g/mol. The normalized spacial score (nSPS) is 10.0. The van der Waals surface area contributed by atoms with Crippen LogP contribution in [0.1, 0.15) is 11.1 Å². The molecular weight excluding hydrogens is 296 g/mol. The highest BCUT2D eigenvalue weighted by atomic mass is 32.1. The Bertz CT molecular complexity index is 573. The van der Waals surface area contributed by atoms with Gasteiger partial charge in [-0.15, -0.1) is 0 Å². The first-order valence-corrected chi connectivity index (χ1v) is 7.57. The topological polar surface area (TPSA) is 53.5 Å². The zero-order valence-corrected chi connectivity index (χ0v) is 13.1. The first-order valence-electron chi connectivity index (χ1n) is 7.16. The van der Waals surface area contributed by atoms with E-state index in [1.165, 1.54) is 0 Å². The second-order valence-corrected chi connectivity index (χ2v) is 5.16. The van der Waals surface area contributed by atoms with Crippen LogP contribution in [-0.2, 0) is 13.2 Å². The van der Waals surface area contributed by atoms with Crippen molar-refractivity contribution in [2.45, 2.75) is 13.2 Å². The fourth-order valence-corrected chi connectivity index (χ4v) is 2.03. The fourth-order valence-electron chi connectivity index (χ4n) is 1.86. The Morgan fingerprint density at radius 1 is 0.955 bits per heavy atom. The molecule has 0 saturated heterocycles. The standard InChI is InChI=1S/C17H20N2O2S/c20-11-10-18-17(22)19-12-14-6-8-16(9-7-14)21-13-15-4-2-1-3-5-15/h1-9,20H,10-13H2,(H2,18,19,22). The molecule has 0 radical (unpaired) electrons. The van der Waals surface area contributed by atoms with Gasteiger partial charge in [-0.05, 0) is 35.5 Å². The minimum atomic E-state index is 0.0648. The fraction of sp³-hybridized carbons (Fsp3) is 0.235. The van der Waals surface area contributed by atoms with Crippen molar-refractivity contribution in [2.75, 3.05) is 13.2 Å². The van der Waals surface area contributed by atoms with E-state index >= 15 is 0 Å². The molecule has 0 atom stereocenters. The third-order valence-corrected chi connectivity index (χ3v) is 3.31. The summed E-state index contributed by atoms with van der Waals surface area (Å²) in [6.45, 7) is 1.72. The summed E-state index contributed by atoms with van der Waals surface area (Å²) in [5.74, 6) is 0.841. The van der Waals surface area contributed by atoms with Gasteiger partial charge in [0.15, 0.2) is 5.11 Å². The molecule has 0 aliphatic rings. The maximum Gasteiger partial charge on any atom is 0.166 e. The van der Waals surface area contributed by atoms with Crippen molar-refractivity contribution in [3.63, 3.8) is 0 Å². The number of rotatable bonds is 7. The van der Waals surface area contributed by atoms with E-state index in [2.05, 4.69) is 10.6 Å². The summed E-state index contributed by atoms with van der Waals surface area (Å²) < 4.78 is 5.74. The van der Waals surface area contributed by atoms with Crippen LogP contribution in [0.15, 0.2) is 54.6 Å². The van der Waals surface area contributed by atoms with Gasteiger partial charge >= 0.3 is 0 Å². The van der Waals surface area contributed by atoms with Gasteiger partial charge in [-0.1, -0.05) is 42.5 Å². The molecule has 116 valence electrons. The molecule has 0 aromatic heterocycles. The predicted octanol–water partition coefficient (Wildman–Crippen LogP) is 2.22. The van der Waals surface area contributed by atoms with E-state index in [-0.39, 0.29) is 6.61 Å². The molecule has 0 saturated carbocycles. The molecule has 0 aliphatic heterocycles. The smallest absolute Gasteiger partial charge is 0.166 e. The van der Waals surface area contributed by atoms with Crippen LogP contribution in [-0.4, -0.2) is 23.4 Å². The highest BCUT2D eigenvalue weighted by molar-refractivity contribution is 7.80. The number of nitrogens with one attached hydrogen (secondary N) is 2. The van der Waals surface area contributed by atoms with Gasteiger partial charge in [0.05, 0.1) is 6.61 Å². The van der Waals surface area contributed by atoms with Crippen LogP contribution in [0.5, 0.6) is 5.75 Å². The molecule has 0 fully saturated rings. The molecule has 2 rings (SSSR count). The van der Waals surface area contributed by atoms with E-state index in [1.54, 1.807) is 0 Å². The van der Waals surface area contributed by atoms with E-state index in [9.17, 15) is 0 Å². The summed E-state index contributed by atoms with van der Waals surface area (Å²) in [7, 11) is 0. The maximum absolute atomic E-state index is 8.70. The molecule has 0 aliphatic carbocycles. The van der Waals surface area contributed by atoms with Gasteiger partial charge in [-0.2, -0.15) is 0 Å². The number of aliphatic hydroxyl groups excluding tert-OH is 1. The lowest BCUT2D eigenvalue weighted by atomic mass is 10.2. The van der Waals surface area contributed by atoms with Crippen molar-refractivity contribution in [3.8, 4) is 5.75 Å². The molecule has 3 N–H and O–H groups in total. The zero-order valence-electron chi connectivity index (χ0n) is 12.3. The van der Waals surface area contributed by atoms with Gasteiger partial charge in [0.2, 0.25) is 0 Å². The van der Waals surface area contributed by atoms with Crippen LogP contribution < -0.4 is 15.4 Å². The minimum absolute atomic E-state index is 0.0648. The van der Waals surface area contributed by atoms with E-state index in [4.69, 9.17) is 22.1 Å². The van der Waals surface area contributed by atoms with Gasteiger partial charge < -0.3 is 20.5 Å². The Balaban J connectivity index is 1.76. The molecule has 0 amide bonds. The molecule has 22 heavy (non-hydrogen) atoms. The molecule has 0 bridgehead atoms. The summed E-state index contributed by atoms with van der Waals surface area (Å²) in [5.41, 5.74) is 2.26. The van der Waals surface area contributed by atoms with Crippen molar-refractivity contribution < 1.29 is 9.84 Å². The SMILES string of the molecule is OCCNC(=S)NCc1ccc(OCc2ccccc2)cc1. The van der Waals surface area contributed by atoms with E-state index < -0.39 is 0 Å². The Morgan fingerprint density at radius 3 is 2.36 bits per heavy atom. The van der Waals surface area contributed by atoms with Crippen LogP contribution in [0.2, 0.25) is 0 Å². The van der Waals surface area contributed by atoms with E-state index in [0.717, 1.165) is 16.9 Å². The highest BCUT2D eigenvalue weighted by Gasteiger charge is 1.98. The number of aliphatic hydroxyl groups is 1. The van der Waals surface area contributed by atoms with Crippen LogP contribution >= 0.6 is 12.2 Å². The largest absolute Gasteiger partial charge is 0.489 e. The maximum atomic E-state index is 8.70. The molecule has 4 nitrogen and oxygen atoms in total. The summed E-state index contributed by atoms with van der Waals surface area (Å²) in [6.07, 6.45) is 0. The third-order valence-electron chi connectivity index (χ3n) is 3.02. The van der Waals surface area contributed by atoms with E-state index in [1.807, 2.05) is 54.6 Å². The number of thiocarbonyl (C=S) groups is 1. The van der Waals surface area contributed by atoms with Gasteiger partial charge in [-0.25, -0.2) is 0 Å². The summed E-state index contributed by atoms with van der Waals surface area (Å²) in [6, 6.07) is 18.0. The first-order chi connectivity index (χ1) is 10.8. The second-order valence-electron chi connectivity index (χ2n) is 4.75. The molecule has 0 unspecified atom stereocenters. The van der Waals surface area contributed by atoms with Crippen molar-refractivity contribution >= 4 is 17.3 Å². The average molecular weight is 316 g/mol. The van der Waals surface area contributed by atoms with Crippen LogP contribution in [0.4, 0.5) is 0 Å². The van der Waals surface area contributed by atoms with Gasteiger partial charge in [0.25, 0.3) is 0 Å². The van der Waals surface area contributed by atoms with Gasteiger partial charge in [0, 0.05) is 13.1 Å². The number of hydrogen-bond donors (Lipinski definition) is 3. The predicted molar refractivity (Wildman–Crippen MR) is 91.7 cm³/mol. The summed E-state index contributed by atoms with van der Waals surface area (Å²) in [4.78, 5) is 0. The van der Waals surface area contributed by atoms with Crippen molar-refractivity contribution in [3.05, 3.63) is 65.7 Å². The van der Waals surface area contributed by atoms with E-state index in [0.29, 0.717) is 24.8 Å². The van der Waals surface area contributed by atoms with Crippen molar-refractivity contribution in [2.24, 2.45) is 0 Å². The molecule has 2 aromatic carbocycles. The van der Waals surface area contributed by atoms with Crippen molar-refractivity contribution in [1.29, 1.82) is 0 Å². The summed E-state index contributed by atoms with van der Waals surface area (Å²) >= 11 is 5.08. The zero-order chi connectivity index (χ0) is 15.6. The molecular formula is C17H20N2O2S. The summed E-state index contributed by atoms with van der Waals surface area (Å²) in [5, 5.41) is 15.2. The Hall–Kier alpha value is -2.11. The highest BCUT2D eigenvalue weighted by Crippen LogP contribution is 2.14. The number of ether oxygens (including phenoxy) is 1. The quantitative estimate of drug-likeness (QED) is 0.684. The molecule has 0 heterocycles.